The van der Waals surface area contributed by atoms with Gasteiger partial charge < -0.3 is 5.32 Å². The van der Waals surface area contributed by atoms with Crippen LogP contribution in [0.1, 0.15) is 25.2 Å². The average Bonchev–Trinajstić information content (AvgIpc) is 2.89. The van der Waals surface area contributed by atoms with Crippen LogP contribution in [0.3, 0.4) is 0 Å². The lowest BCUT2D eigenvalue weighted by Gasteiger charge is -2.19. The minimum Gasteiger partial charge on any atom is -0.313 e. The normalized spacial score (nSPS) is 23.8. The molecule has 0 spiro atoms. The molecule has 1 aromatic rings. The van der Waals surface area contributed by atoms with E-state index in [0.29, 0.717) is 12.0 Å². The maximum absolute atomic E-state index is 6.42. The highest BCUT2D eigenvalue weighted by Gasteiger charge is 2.29. The summed E-state index contributed by atoms with van der Waals surface area (Å²) in [6, 6.07) is 0.621. The monoisotopic (exact) mass is 287 g/mol. The smallest absolute Gasteiger partial charge is 0.0849 e. The number of nitrogens with one attached hydrogen (secondary N) is 1. The Balaban J connectivity index is 2.11. The van der Waals surface area contributed by atoms with Crippen molar-refractivity contribution >= 4 is 23.4 Å². The highest BCUT2D eigenvalue weighted by Crippen LogP contribution is 2.30. The predicted molar refractivity (Wildman–Crippen MR) is 79.6 cm³/mol. The van der Waals surface area contributed by atoms with Crippen LogP contribution in [0.5, 0.6) is 0 Å². The summed E-state index contributed by atoms with van der Waals surface area (Å²) in [7, 11) is 2.00. The molecule has 1 aromatic heterocycles. The van der Waals surface area contributed by atoms with Gasteiger partial charge in [-0.2, -0.15) is 16.9 Å². The number of aromatic nitrogens is 2. The third-order valence-corrected chi connectivity index (χ3v) is 5.32. The van der Waals surface area contributed by atoms with E-state index in [1.54, 1.807) is 0 Å². The minimum absolute atomic E-state index is 0.621. The maximum Gasteiger partial charge on any atom is 0.0849 e. The van der Waals surface area contributed by atoms with Crippen LogP contribution in [0, 0.1) is 5.92 Å². The topological polar surface area (TPSA) is 29.9 Å². The van der Waals surface area contributed by atoms with E-state index in [2.05, 4.69) is 24.3 Å². The highest BCUT2D eigenvalue weighted by atomic mass is 35.5. The standard InChI is InChI=1S/C13H22ClN3S/c1-4-10-13(14)12(17(3)16-10)6-9-7-18-8-11(9)15-5-2/h9,11,15H,4-8H2,1-3H3. The zero-order valence-electron chi connectivity index (χ0n) is 11.4. The summed E-state index contributed by atoms with van der Waals surface area (Å²) < 4.78 is 1.97. The lowest BCUT2D eigenvalue weighted by molar-refractivity contribution is 0.425. The summed E-state index contributed by atoms with van der Waals surface area (Å²) in [4.78, 5) is 0. The first-order valence-electron chi connectivity index (χ1n) is 6.68. The SMILES string of the molecule is CCNC1CSCC1Cc1c(Cl)c(CC)nn1C. The Bertz CT molecular complexity index is 405. The number of hydrogen-bond acceptors (Lipinski definition) is 3. The van der Waals surface area contributed by atoms with Crippen molar-refractivity contribution in [2.75, 3.05) is 18.1 Å². The molecular formula is C13H22ClN3S. The van der Waals surface area contributed by atoms with Crippen molar-refractivity contribution in [1.82, 2.24) is 15.1 Å². The fraction of sp³-hybridized carbons (Fsp3) is 0.769. The Hall–Kier alpha value is -0.190. The second-order valence-corrected chi connectivity index (χ2v) is 6.30. The van der Waals surface area contributed by atoms with E-state index in [1.165, 1.54) is 17.2 Å². The Kier molecular flexibility index (Phi) is 4.98. The number of nitrogens with zero attached hydrogens (tertiary/aromatic N) is 2. The van der Waals surface area contributed by atoms with Crippen molar-refractivity contribution in [1.29, 1.82) is 0 Å². The van der Waals surface area contributed by atoms with Gasteiger partial charge in [0.1, 0.15) is 0 Å². The Morgan fingerprint density at radius 3 is 2.83 bits per heavy atom. The molecule has 2 rings (SSSR count). The second kappa shape index (κ2) is 6.31. The zero-order chi connectivity index (χ0) is 13.1. The van der Waals surface area contributed by atoms with Crippen LogP contribution in [0.4, 0.5) is 0 Å². The molecule has 0 aromatic carbocycles. The molecule has 1 saturated heterocycles. The Labute approximate surface area is 119 Å². The molecule has 0 saturated carbocycles. The summed E-state index contributed by atoms with van der Waals surface area (Å²) in [5.74, 6) is 3.11. The molecule has 0 aliphatic carbocycles. The quantitative estimate of drug-likeness (QED) is 0.902. The van der Waals surface area contributed by atoms with E-state index >= 15 is 0 Å². The van der Waals surface area contributed by atoms with Crippen LogP contribution in [-0.2, 0) is 19.9 Å². The highest BCUT2D eigenvalue weighted by molar-refractivity contribution is 7.99. The van der Waals surface area contributed by atoms with E-state index in [-0.39, 0.29) is 0 Å². The van der Waals surface area contributed by atoms with Gasteiger partial charge in [-0.15, -0.1) is 0 Å². The first-order valence-corrected chi connectivity index (χ1v) is 8.22. The van der Waals surface area contributed by atoms with Crippen molar-refractivity contribution in [3.63, 3.8) is 0 Å². The van der Waals surface area contributed by atoms with Crippen molar-refractivity contribution < 1.29 is 0 Å². The molecule has 5 heteroatoms. The van der Waals surface area contributed by atoms with E-state index in [0.717, 1.165) is 30.1 Å². The zero-order valence-corrected chi connectivity index (χ0v) is 12.9. The molecule has 2 atom stereocenters. The van der Waals surface area contributed by atoms with Gasteiger partial charge >= 0.3 is 0 Å². The van der Waals surface area contributed by atoms with Crippen LogP contribution in [0.2, 0.25) is 5.02 Å². The third-order valence-electron chi connectivity index (χ3n) is 3.62. The number of aryl methyl sites for hydroxylation is 2. The fourth-order valence-electron chi connectivity index (χ4n) is 2.58. The van der Waals surface area contributed by atoms with Crippen molar-refractivity contribution in [2.45, 2.75) is 32.7 Å². The van der Waals surface area contributed by atoms with Gasteiger partial charge in [-0.05, 0) is 31.1 Å². The van der Waals surface area contributed by atoms with Gasteiger partial charge in [0.2, 0.25) is 0 Å². The molecule has 1 N–H and O–H groups in total. The summed E-state index contributed by atoms with van der Waals surface area (Å²) in [5.41, 5.74) is 2.23. The molecule has 2 unspecified atom stereocenters. The molecule has 0 amide bonds. The van der Waals surface area contributed by atoms with Gasteiger partial charge in [0.25, 0.3) is 0 Å². The van der Waals surface area contributed by atoms with Crippen LogP contribution in [-0.4, -0.2) is 33.9 Å². The summed E-state index contributed by atoms with van der Waals surface area (Å²) in [6.45, 7) is 5.32. The Morgan fingerprint density at radius 1 is 1.44 bits per heavy atom. The van der Waals surface area contributed by atoms with E-state index in [9.17, 15) is 0 Å². The van der Waals surface area contributed by atoms with Crippen LogP contribution in [0.15, 0.2) is 0 Å². The average molecular weight is 288 g/mol. The van der Waals surface area contributed by atoms with E-state index in [4.69, 9.17) is 11.6 Å². The molecule has 1 fully saturated rings. The van der Waals surface area contributed by atoms with Crippen LogP contribution in [0.25, 0.3) is 0 Å². The van der Waals surface area contributed by atoms with Crippen molar-refractivity contribution in [3.05, 3.63) is 16.4 Å². The van der Waals surface area contributed by atoms with Gasteiger partial charge in [0.05, 0.1) is 16.4 Å². The van der Waals surface area contributed by atoms with Crippen molar-refractivity contribution in [2.24, 2.45) is 13.0 Å². The molecule has 1 aliphatic rings. The fourth-order valence-corrected chi connectivity index (χ4v) is 4.38. The number of thioether (sulfide) groups is 1. The Morgan fingerprint density at radius 2 is 2.22 bits per heavy atom. The first-order chi connectivity index (χ1) is 8.67. The lowest BCUT2D eigenvalue weighted by atomic mass is 9.97. The third kappa shape index (κ3) is 2.86. The summed E-state index contributed by atoms with van der Waals surface area (Å²) >= 11 is 8.46. The van der Waals surface area contributed by atoms with Gasteiger partial charge in [0, 0.05) is 18.8 Å². The largest absolute Gasteiger partial charge is 0.313 e. The van der Waals surface area contributed by atoms with Gasteiger partial charge in [0.15, 0.2) is 0 Å². The molecule has 3 nitrogen and oxygen atoms in total. The van der Waals surface area contributed by atoms with E-state index < -0.39 is 0 Å². The van der Waals surface area contributed by atoms with Crippen LogP contribution >= 0.6 is 23.4 Å². The number of halogens is 1. The molecule has 1 aliphatic heterocycles. The van der Waals surface area contributed by atoms with E-state index in [1.807, 2.05) is 23.5 Å². The maximum atomic E-state index is 6.42. The molecule has 0 radical (unpaired) electrons. The van der Waals surface area contributed by atoms with Gasteiger partial charge in [-0.25, -0.2) is 0 Å². The number of rotatable bonds is 5. The summed E-state index contributed by atoms with van der Waals surface area (Å²) in [5, 5.41) is 8.96. The minimum atomic E-state index is 0.621. The molecule has 2 heterocycles. The van der Waals surface area contributed by atoms with Crippen LogP contribution < -0.4 is 5.32 Å². The molecule has 0 bridgehead atoms. The molecule has 102 valence electrons. The molecule has 18 heavy (non-hydrogen) atoms. The second-order valence-electron chi connectivity index (χ2n) is 4.85. The van der Waals surface area contributed by atoms with Gasteiger partial charge in [-0.1, -0.05) is 25.4 Å². The van der Waals surface area contributed by atoms with Crippen molar-refractivity contribution in [3.8, 4) is 0 Å². The van der Waals surface area contributed by atoms with Gasteiger partial charge in [-0.3, -0.25) is 4.68 Å². The predicted octanol–water partition coefficient (Wildman–Crippen LogP) is 2.52. The number of hydrogen-bond donors (Lipinski definition) is 1. The lowest BCUT2D eigenvalue weighted by Crippen LogP contribution is -2.36. The first kappa shape index (κ1) is 14.2. The molecular weight excluding hydrogens is 266 g/mol. The summed E-state index contributed by atoms with van der Waals surface area (Å²) in [6.07, 6.45) is 1.94.